The third-order valence-corrected chi connectivity index (χ3v) is 4.22. The molecule has 1 amide bonds. The molecule has 3 aromatic rings. The first-order valence-corrected chi connectivity index (χ1v) is 8.20. The van der Waals surface area contributed by atoms with Crippen LogP contribution in [0.3, 0.4) is 0 Å². The Labute approximate surface area is 142 Å². The van der Waals surface area contributed by atoms with Gasteiger partial charge in [-0.25, -0.2) is 5.48 Å². The molecule has 1 unspecified atom stereocenters. The van der Waals surface area contributed by atoms with E-state index in [0.717, 1.165) is 11.1 Å². The van der Waals surface area contributed by atoms with E-state index in [4.69, 9.17) is 4.84 Å². The lowest BCUT2D eigenvalue weighted by Crippen LogP contribution is -2.25. The molecule has 24 heavy (non-hydrogen) atoms. The Hall–Kier alpha value is -2.59. The summed E-state index contributed by atoms with van der Waals surface area (Å²) < 4.78 is 2.11. The Morgan fingerprint density at radius 2 is 1.83 bits per heavy atom. The fraction of sp³-hybridized carbons (Fsp3) is 0.250. The fourth-order valence-electron chi connectivity index (χ4n) is 3.12. The molecule has 1 heterocycles. The van der Waals surface area contributed by atoms with Crippen LogP contribution in [0.4, 0.5) is 0 Å². The van der Waals surface area contributed by atoms with Gasteiger partial charge < -0.3 is 4.57 Å². The van der Waals surface area contributed by atoms with Gasteiger partial charge in [0.05, 0.1) is 6.61 Å². The summed E-state index contributed by atoms with van der Waals surface area (Å²) in [6, 6.07) is 18.4. The molecular weight excluding hydrogens is 300 g/mol. The van der Waals surface area contributed by atoms with Crippen LogP contribution >= 0.6 is 0 Å². The van der Waals surface area contributed by atoms with Gasteiger partial charge in [0.15, 0.2) is 0 Å². The van der Waals surface area contributed by atoms with E-state index in [1.165, 1.54) is 10.9 Å². The Kier molecular flexibility index (Phi) is 4.96. The molecule has 0 saturated heterocycles. The highest BCUT2D eigenvalue weighted by Crippen LogP contribution is 2.34. The largest absolute Gasteiger partial charge is 0.350 e. The number of benzene rings is 2. The first-order valence-electron chi connectivity index (χ1n) is 8.20. The van der Waals surface area contributed by atoms with Crippen molar-refractivity contribution in [2.45, 2.75) is 19.3 Å². The lowest BCUT2D eigenvalue weighted by atomic mass is 9.88. The van der Waals surface area contributed by atoms with E-state index < -0.39 is 0 Å². The second-order valence-electron chi connectivity index (χ2n) is 5.84. The number of aromatic nitrogens is 1. The molecule has 0 spiro atoms. The van der Waals surface area contributed by atoms with Gasteiger partial charge >= 0.3 is 0 Å². The molecule has 0 saturated carbocycles. The molecule has 1 N–H and O–H groups in total. The summed E-state index contributed by atoms with van der Waals surface area (Å²) in [6.07, 6.45) is 2.47. The number of para-hydroxylation sites is 1. The molecule has 4 heteroatoms. The summed E-state index contributed by atoms with van der Waals surface area (Å²) in [7, 11) is 2.04. The standard InChI is InChI=1S/C20H22N2O2/c1-3-24-21-20(23)13-17(15-9-5-4-6-10-15)18-14-22(2)19-12-8-7-11-16(18)19/h4-12,14,17H,3,13H2,1-2H3,(H,21,23). The van der Waals surface area contributed by atoms with Crippen molar-refractivity contribution >= 4 is 16.8 Å². The summed E-state index contributed by atoms with van der Waals surface area (Å²) in [5.74, 6) is -0.128. The second-order valence-corrected chi connectivity index (χ2v) is 5.84. The van der Waals surface area contributed by atoms with Crippen LogP contribution in [0, 0.1) is 0 Å². The Bertz CT molecular complexity index is 824. The maximum absolute atomic E-state index is 12.3. The minimum Gasteiger partial charge on any atom is -0.350 e. The second kappa shape index (κ2) is 7.32. The zero-order valence-electron chi connectivity index (χ0n) is 14.0. The van der Waals surface area contributed by atoms with Gasteiger partial charge in [0.1, 0.15) is 0 Å². The smallest absolute Gasteiger partial charge is 0.244 e. The molecule has 0 bridgehead atoms. The van der Waals surface area contributed by atoms with Crippen molar-refractivity contribution in [1.82, 2.24) is 10.0 Å². The minimum atomic E-state index is -0.112. The Balaban J connectivity index is 2.02. The van der Waals surface area contributed by atoms with Gasteiger partial charge in [-0.2, -0.15) is 0 Å². The Morgan fingerprint density at radius 1 is 1.12 bits per heavy atom. The average Bonchev–Trinajstić information content (AvgIpc) is 2.96. The van der Waals surface area contributed by atoms with Gasteiger partial charge in [-0.1, -0.05) is 48.5 Å². The number of aryl methyl sites for hydroxylation is 1. The van der Waals surface area contributed by atoms with Crippen LogP contribution in [-0.2, 0) is 16.7 Å². The van der Waals surface area contributed by atoms with Crippen molar-refractivity contribution in [2.75, 3.05) is 6.61 Å². The van der Waals surface area contributed by atoms with Crippen molar-refractivity contribution in [3.05, 3.63) is 71.9 Å². The molecule has 1 atom stereocenters. The van der Waals surface area contributed by atoms with Crippen LogP contribution in [0.15, 0.2) is 60.8 Å². The van der Waals surface area contributed by atoms with Gasteiger partial charge in [0.25, 0.3) is 0 Å². The molecule has 0 aliphatic rings. The van der Waals surface area contributed by atoms with Crippen LogP contribution in [0.2, 0.25) is 0 Å². The van der Waals surface area contributed by atoms with Crippen LogP contribution in [0.1, 0.15) is 30.4 Å². The van der Waals surface area contributed by atoms with Crippen LogP contribution in [-0.4, -0.2) is 17.1 Å². The first kappa shape index (κ1) is 16.3. The number of hydrogen-bond acceptors (Lipinski definition) is 2. The molecule has 4 nitrogen and oxygen atoms in total. The molecule has 0 fully saturated rings. The maximum Gasteiger partial charge on any atom is 0.244 e. The van der Waals surface area contributed by atoms with E-state index in [9.17, 15) is 4.79 Å². The van der Waals surface area contributed by atoms with Crippen molar-refractivity contribution in [3.8, 4) is 0 Å². The highest BCUT2D eigenvalue weighted by molar-refractivity contribution is 5.86. The number of amides is 1. The number of hydroxylamine groups is 1. The number of carbonyl (C=O) groups is 1. The molecular formula is C20H22N2O2. The van der Waals surface area contributed by atoms with E-state index in [2.05, 4.69) is 40.5 Å². The first-order chi connectivity index (χ1) is 11.7. The van der Waals surface area contributed by atoms with E-state index in [0.29, 0.717) is 13.0 Å². The lowest BCUT2D eigenvalue weighted by molar-refractivity contribution is -0.133. The quantitative estimate of drug-likeness (QED) is 0.702. The molecule has 0 aliphatic heterocycles. The van der Waals surface area contributed by atoms with Crippen molar-refractivity contribution in [2.24, 2.45) is 7.05 Å². The SMILES string of the molecule is CCONC(=O)CC(c1ccccc1)c1cn(C)c2ccccc12. The third kappa shape index (κ3) is 3.34. The van der Waals surface area contributed by atoms with Crippen molar-refractivity contribution in [1.29, 1.82) is 0 Å². The normalized spacial score (nSPS) is 12.2. The summed E-state index contributed by atoms with van der Waals surface area (Å²) >= 11 is 0. The average molecular weight is 322 g/mol. The molecule has 2 aromatic carbocycles. The van der Waals surface area contributed by atoms with E-state index in [1.807, 2.05) is 44.3 Å². The van der Waals surface area contributed by atoms with Gasteiger partial charge in [-0.3, -0.25) is 9.63 Å². The molecule has 0 aliphatic carbocycles. The van der Waals surface area contributed by atoms with E-state index in [-0.39, 0.29) is 11.8 Å². The highest BCUT2D eigenvalue weighted by atomic mass is 16.6. The van der Waals surface area contributed by atoms with E-state index >= 15 is 0 Å². The van der Waals surface area contributed by atoms with Gasteiger partial charge in [0.2, 0.25) is 5.91 Å². The maximum atomic E-state index is 12.3. The highest BCUT2D eigenvalue weighted by Gasteiger charge is 2.22. The number of nitrogens with one attached hydrogen (secondary N) is 1. The Morgan fingerprint density at radius 3 is 2.58 bits per heavy atom. The van der Waals surface area contributed by atoms with E-state index in [1.54, 1.807) is 0 Å². The molecule has 1 aromatic heterocycles. The number of nitrogens with zero attached hydrogens (tertiary/aromatic N) is 1. The predicted octanol–water partition coefficient (Wildman–Crippen LogP) is 3.77. The van der Waals surface area contributed by atoms with Gasteiger partial charge in [-0.05, 0) is 24.1 Å². The number of carbonyl (C=O) groups excluding carboxylic acids is 1. The van der Waals surface area contributed by atoms with Crippen molar-refractivity contribution < 1.29 is 9.63 Å². The summed E-state index contributed by atoms with van der Waals surface area (Å²) in [5, 5.41) is 1.18. The monoisotopic (exact) mass is 322 g/mol. The summed E-state index contributed by atoms with van der Waals surface area (Å²) in [6.45, 7) is 2.30. The number of rotatable bonds is 6. The van der Waals surface area contributed by atoms with Gasteiger partial charge in [0, 0.05) is 36.5 Å². The minimum absolute atomic E-state index is 0.0160. The number of hydrogen-bond donors (Lipinski definition) is 1. The molecule has 0 radical (unpaired) electrons. The number of fused-ring (bicyclic) bond motifs is 1. The summed E-state index contributed by atoms with van der Waals surface area (Å²) in [4.78, 5) is 17.3. The van der Waals surface area contributed by atoms with Crippen LogP contribution in [0.25, 0.3) is 10.9 Å². The van der Waals surface area contributed by atoms with Crippen LogP contribution in [0.5, 0.6) is 0 Å². The topological polar surface area (TPSA) is 43.3 Å². The lowest BCUT2D eigenvalue weighted by Gasteiger charge is -2.17. The van der Waals surface area contributed by atoms with Crippen LogP contribution < -0.4 is 5.48 Å². The summed E-state index contributed by atoms with van der Waals surface area (Å²) in [5.41, 5.74) is 5.96. The predicted molar refractivity (Wildman–Crippen MR) is 95.6 cm³/mol. The van der Waals surface area contributed by atoms with Gasteiger partial charge in [-0.15, -0.1) is 0 Å². The zero-order valence-corrected chi connectivity index (χ0v) is 14.0. The molecule has 124 valence electrons. The fourth-order valence-corrected chi connectivity index (χ4v) is 3.12. The zero-order chi connectivity index (χ0) is 16.9. The molecule has 3 rings (SSSR count). The van der Waals surface area contributed by atoms with Crippen molar-refractivity contribution in [3.63, 3.8) is 0 Å². The third-order valence-electron chi connectivity index (χ3n) is 4.22.